The minimum Gasteiger partial charge on any atom is -0.444 e. The molecule has 0 radical (unpaired) electrons. The molecule has 8 nitrogen and oxygen atoms in total. The van der Waals surface area contributed by atoms with Crippen LogP contribution in [0.4, 0.5) is 15.3 Å². The van der Waals surface area contributed by atoms with Crippen molar-refractivity contribution in [3.63, 3.8) is 0 Å². The maximum absolute atomic E-state index is 12.7. The van der Waals surface area contributed by atoms with Gasteiger partial charge in [0.05, 0.1) is 0 Å². The first-order chi connectivity index (χ1) is 13.7. The van der Waals surface area contributed by atoms with Gasteiger partial charge >= 0.3 is 12.1 Å². The Morgan fingerprint density at radius 1 is 0.966 bits per heavy atom. The summed E-state index contributed by atoms with van der Waals surface area (Å²) in [4.78, 5) is 40.1. The fraction of sp³-hybridized carbons (Fsp3) is 0.571. The Morgan fingerprint density at radius 3 is 2.07 bits per heavy atom. The van der Waals surface area contributed by atoms with Crippen LogP contribution in [0.2, 0.25) is 0 Å². The van der Waals surface area contributed by atoms with Gasteiger partial charge in [0.2, 0.25) is 0 Å². The van der Waals surface area contributed by atoms with Gasteiger partial charge < -0.3 is 25.2 Å². The molecule has 1 aliphatic heterocycles. The lowest BCUT2D eigenvalue weighted by atomic mass is 9.93. The molecule has 3 rings (SSSR count). The van der Waals surface area contributed by atoms with E-state index in [1.165, 1.54) is 0 Å². The van der Waals surface area contributed by atoms with Crippen molar-refractivity contribution in [3.8, 4) is 0 Å². The highest BCUT2D eigenvalue weighted by Crippen LogP contribution is 2.19. The van der Waals surface area contributed by atoms with Gasteiger partial charge in [-0.1, -0.05) is 0 Å². The minimum atomic E-state index is -0.533. The molecular formula is C21H30N4O4. The maximum Gasteiger partial charge on any atom is 0.410 e. The topological polar surface area (TPSA) is 91.0 Å². The monoisotopic (exact) mass is 402 g/mol. The molecule has 0 aromatic heterocycles. The first-order valence-corrected chi connectivity index (χ1v) is 10.2. The van der Waals surface area contributed by atoms with Gasteiger partial charge in [-0.3, -0.25) is 4.79 Å². The van der Waals surface area contributed by atoms with Crippen molar-refractivity contribution in [3.05, 3.63) is 29.8 Å². The van der Waals surface area contributed by atoms with Gasteiger partial charge in [-0.25, -0.2) is 9.59 Å². The predicted octanol–water partition coefficient (Wildman–Crippen LogP) is 3.05. The molecule has 1 heterocycles. The molecule has 1 aliphatic carbocycles. The van der Waals surface area contributed by atoms with Crippen molar-refractivity contribution < 1.29 is 19.1 Å². The molecule has 0 unspecified atom stereocenters. The predicted molar refractivity (Wildman–Crippen MR) is 110 cm³/mol. The molecule has 29 heavy (non-hydrogen) atoms. The molecule has 0 bridgehead atoms. The first kappa shape index (κ1) is 21.0. The van der Waals surface area contributed by atoms with E-state index in [2.05, 4.69) is 10.6 Å². The van der Waals surface area contributed by atoms with E-state index in [0.717, 1.165) is 19.3 Å². The highest BCUT2D eigenvalue weighted by atomic mass is 16.6. The van der Waals surface area contributed by atoms with Crippen LogP contribution in [0.5, 0.6) is 0 Å². The number of hydrogen-bond donors (Lipinski definition) is 2. The number of urea groups is 1. The molecule has 2 N–H and O–H groups in total. The van der Waals surface area contributed by atoms with E-state index >= 15 is 0 Å². The van der Waals surface area contributed by atoms with Gasteiger partial charge in [0.1, 0.15) is 5.60 Å². The lowest BCUT2D eigenvalue weighted by Gasteiger charge is -2.35. The summed E-state index contributed by atoms with van der Waals surface area (Å²) in [6.45, 7) is 7.31. The summed E-state index contributed by atoms with van der Waals surface area (Å²) in [6.07, 6.45) is 2.87. The van der Waals surface area contributed by atoms with E-state index < -0.39 is 5.60 Å². The molecule has 0 spiro atoms. The van der Waals surface area contributed by atoms with Crippen molar-refractivity contribution in [1.82, 2.24) is 15.1 Å². The molecule has 1 saturated heterocycles. The van der Waals surface area contributed by atoms with Crippen molar-refractivity contribution >= 4 is 23.7 Å². The number of rotatable bonds is 3. The zero-order valence-electron chi connectivity index (χ0n) is 17.4. The summed E-state index contributed by atoms with van der Waals surface area (Å²) in [7, 11) is 0. The zero-order valence-corrected chi connectivity index (χ0v) is 17.4. The zero-order chi connectivity index (χ0) is 21.0. The van der Waals surface area contributed by atoms with Gasteiger partial charge in [-0.05, 0) is 64.3 Å². The Hall–Kier alpha value is -2.77. The number of nitrogens with one attached hydrogen (secondary N) is 2. The van der Waals surface area contributed by atoms with Crippen molar-refractivity contribution in [2.75, 3.05) is 31.5 Å². The number of benzene rings is 1. The van der Waals surface area contributed by atoms with Crippen molar-refractivity contribution in [2.24, 2.45) is 0 Å². The van der Waals surface area contributed by atoms with Crippen LogP contribution in [0.1, 0.15) is 50.4 Å². The number of ether oxygens (including phenoxy) is 1. The second-order valence-corrected chi connectivity index (χ2v) is 8.56. The van der Waals surface area contributed by atoms with Crippen LogP contribution in [-0.2, 0) is 4.74 Å². The van der Waals surface area contributed by atoms with E-state index in [4.69, 9.17) is 4.74 Å². The average molecular weight is 402 g/mol. The summed E-state index contributed by atoms with van der Waals surface area (Å²) >= 11 is 0. The Balaban J connectivity index is 1.48. The van der Waals surface area contributed by atoms with E-state index in [-0.39, 0.29) is 24.1 Å². The lowest BCUT2D eigenvalue weighted by molar-refractivity contribution is 0.0141. The van der Waals surface area contributed by atoms with Crippen LogP contribution >= 0.6 is 0 Å². The number of hydrogen-bond acceptors (Lipinski definition) is 4. The highest BCUT2D eigenvalue weighted by Gasteiger charge is 2.28. The summed E-state index contributed by atoms with van der Waals surface area (Å²) in [5.74, 6) is -0.0840. The quantitative estimate of drug-likeness (QED) is 0.813. The molecule has 2 aliphatic rings. The van der Waals surface area contributed by atoms with Crippen LogP contribution in [0.15, 0.2) is 24.3 Å². The Labute approximate surface area is 171 Å². The smallest absolute Gasteiger partial charge is 0.410 e. The molecule has 0 atom stereocenters. The number of carbonyl (C=O) groups excluding carboxylic acids is 3. The highest BCUT2D eigenvalue weighted by molar-refractivity contribution is 5.95. The molecule has 2 fully saturated rings. The Morgan fingerprint density at radius 2 is 1.55 bits per heavy atom. The summed E-state index contributed by atoms with van der Waals surface area (Å²) < 4.78 is 5.38. The van der Waals surface area contributed by atoms with E-state index in [1.807, 2.05) is 20.8 Å². The third-order valence-electron chi connectivity index (χ3n) is 5.05. The van der Waals surface area contributed by atoms with Gasteiger partial charge in [-0.15, -0.1) is 0 Å². The van der Waals surface area contributed by atoms with Crippen molar-refractivity contribution in [1.29, 1.82) is 0 Å². The van der Waals surface area contributed by atoms with E-state index in [9.17, 15) is 14.4 Å². The van der Waals surface area contributed by atoms with E-state index in [0.29, 0.717) is 37.4 Å². The largest absolute Gasteiger partial charge is 0.444 e. The second-order valence-electron chi connectivity index (χ2n) is 8.56. The summed E-state index contributed by atoms with van der Waals surface area (Å²) in [5.41, 5.74) is 0.669. The van der Waals surface area contributed by atoms with Crippen LogP contribution in [-0.4, -0.2) is 65.7 Å². The van der Waals surface area contributed by atoms with Crippen molar-refractivity contribution in [2.45, 2.75) is 51.7 Å². The third-order valence-corrected chi connectivity index (χ3v) is 5.05. The number of piperazine rings is 1. The summed E-state index contributed by atoms with van der Waals surface area (Å²) in [5, 5.41) is 5.70. The fourth-order valence-corrected chi connectivity index (χ4v) is 3.20. The Kier molecular flexibility index (Phi) is 6.30. The fourth-order valence-electron chi connectivity index (χ4n) is 3.20. The standard InChI is InChI=1S/C21H30N4O4/c1-21(2,3)29-20(28)25-13-11-24(12-14-25)18(26)15-7-9-17(10-8-15)23-19(27)22-16-5-4-6-16/h7-10,16H,4-6,11-14H2,1-3H3,(H2,22,23,27). The first-order valence-electron chi connectivity index (χ1n) is 10.2. The molecule has 4 amide bonds. The van der Waals surface area contributed by atoms with Gasteiger partial charge in [-0.2, -0.15) is 0 Å². The van der Waals surface area contributed by atoms with E-state index in [1.54, 1.807) is 34.1 Å². The average Bonchev–Trinajstić information content (AvgIpc) is 2.63. The number of anilines is 1. The SMILES string of the molecule is CC(C)(C)OC(=O)N1CCN(C(=O)c2ccc(NC(=O)NC3CCC3)cc2)CC1. The number of nitrogens with zero attached hydrogens (tertiary/aromatic N) is 2. The molecule has 158 valence electrons. The molecule has 1 aromatic rings. The molecular weight excluding hydrogens is 372 g/mol. The number of carbonyl (C=O) groups is 3. The maximum atomic E-state index is 12.7. The molecule has 1 saturated carbocycles. The van der Waals surface area contributed by atoms with Gasteiger partial charge in [0, 0.05) is 43.5 Å². The molecule has 1 aromatic carbocycles. The van der Waals surface area contributed by atoms with Crippen LogP contribution in [0.3, 0.4) is 0 Å². The van der Waals surface area contributed by atoms with Gasteiger partial charge in [0.15, 0.2) is 0 Å². The summed E-state index contributed by atoms with van der Waals surface area (Å²) in [6, 6.07) is 6.93. The lowest BCUT2D eigenvalue weighted by Crippen LogP contribution is -2.51. The number of amides is 4. The second kappa shape index (κ2) is 8.71. The Bertz CT molecular complexity index is 745. The third kappa shape index (κ3) is 5.85. The normalized spacial score (nSPS) is 17.3. The van der Waals surface area contributed by atoms with Crippen LogP contribution < -0.4 is 10.6 Å². The van der Waals surface area contributed by atoms with Gasteiger partial charge in [0.25, 0.3) is 5.91 Å². The molecule has 8 heteroatoms. The van der Waals surface area contributed by atoms with Crippen LogP contribution in [0.25, 0.3) is 0 Å². The van der Waals surface area contributed by atoms with Crippen LogP contribution in [0, 0.1) is 0 Å². The minimum absolute atomic E-state index is 0.0840.